The fourth-order valence-electron chi connectivity index (χ4n) is 3.81. The van der Waals surface area contributed by atoms with Gasteiger partial charge >= 0.3 is 6.09 Å². The molecule has 0 spiro atoms. The smallest absolute Gasteiger partial charge is 0.410 e. The van der Waals surface area contributed by atoms with E-state index in [1.165, 1.54) is 5.56 Å². The Morgan fingerprint density at radius 3 is 2.73 bits per heavy atom. The molecule has 2 fully saturated rings. The van der Waals surface area contributed by atoms with Crippen molar-refractivity contribution in [2.24, 2.45) is 0 Å². The molecular weight excluding hydrogens is 276 g/mol. The van der Waals surface area contributed by atoms with Gasteiger partial charge in [0.05, 0.1) is 11.6 Å². The molecule has 2 heterocycles. The Hall–Kier alpha value is -1.55. The maximum atomic E-state index is 12.6. The third-order valence-electron chi connectivity index (χ3n) is 4.70. The minimum Gasteiger partial charge on any atom is -0.444 e. The molecule has 0 aliphatic carbocycles. The van der Waals surface area contributed by atoms with Crippen molar-refractivity contribution in [2.45, 2.75) is 57.2 Å². The molecule has 1 aromatic rings. The number of rotatable bonds is 1. The van der Waals surface area contributed by atoms with Crippen LogP contribution in [0.5, 0.6) is 0 Å². The molecule has 4 heteroatoms. The molecule has 0 aromatic heterocycles. The van der Waals surface area contributed by atoms with Crippen molar-refractivity contribution in [3.63, 3.8) is 0 Å². The van der Waals surface area contributed by atoms with Crippen molar-refractivity contribution in [1.82, 2.24) is 10.2 Å². The van der Waals surface area contributed by atoms with Crippen LogP contribution in [0.4, 0.5) is 4.79 Å². The lowest BCUT2D eigenvalue weighted by Crippen LogP contribution is -2.57. The summed E-state index contributed by atoms with van der Waals surface area (Å²) in [6, 6.07) is 10.7. The standard InChI is InChI=1S/C18H26N2O2/c1-17(2,3)22-16(21)20-13-11-18(14-8-5-4-6-9-14)15(20)10-7-12-19-18/h4-6,8-9,15,19H,7,10-13H2,1-3H3/t15-,18-/m1/s1. The van der Waals surface area contributed by atoms with E-state index in [1.807, 2.05) is 31.7 Å². The van der Waals surface area contributed by atoms with Gasteiger partial charge in [0.15, 0.2) is 0 Å². The first kappa shape index (κ1) is 15.3. The van der Waals surface area contributed by atoms with Gasteiger partial charge in [-0.2, -0.15) is 0 Å². The SMILES string of the molecule is CC(C)(C)OC(=O)N1CC[C@]2(c3ccccc3)NCCC[C@@H]12. The second-order valence-corrected chi connectivity index (χ2v) is 7.35. The molecule has 1 N–H and O–H groups in total. The van der Waals surface area contributed by atoms with Crippen LogP contribution in [0.2, 0.25) is 0 Å². The van der Waals surface area contributed by atoms with Crippen molar-refractivity contribution >= 4 is 6.09 Å². The molecule has 2 aliphatic heterocycles. The predicted octanol–water partition coefficient (Wildman–Crippen LogP) is 3.27. The third kappa shape index (κ3) is 2.72. The van der Waals surface area contributed by atoms with Crippen LogP contribution in [0, 0.1) is 0 Å². The van der Waals surface area contributed by atoms with Crippen LogP contribution in [-0.4, -0.2) is 35.7 Å². The van der Waals surface area contributed by atoms with Crippen molar-refractivity contribution in [2.75, 3.05) is 13.1 Å². The molecule has 2 saturated heterocycles. The molecule has 22 heavy (non-hydrogen) atoms. The molecular formula is C18H26N2O2. The summed E-state index contributed by atoms with van der Waals surface area (Å²) < 4.78 is 5.61. The molecule has 0 radical (unpaired) electrons. The van der Waals surface area contributed by atoms with Crippen LogP contribution >= 0.6 is 0 Å². The number of piperidine rings is 1. The average molecular weight is 302 g/mol. The van der Waals surface area contributed by atoms with Crippen LogP contribution in [-0.2, 0) is 10.3 Å². The van der Waals surface area contributed by atoms with E-state index in [9.17, 15) is 4.79 Å². The Morgan fingerprint density at radius 2 is 2.05 bits per heavy atom. The Kier molecular flexibility index (Phi) is 3.89. The average Bonchev–Trinajstić information content (AvgIpc) is 2.87. The van der Waals surface area contributed by atoms with E-state index in [1.54, 1.807) is 0 Å². The second-order valence-electron chi connectivity index (χ2n) is 7.35. The summed E-state index contributed by atoms with van der Waals surface area (Å²) in [5.74, 6) is 0. The van der Waals surface area contributed by atoms with Crippen LogP contribution in [0.15, 0.2) is 30.3 Å². The zero-order valence-corrected chi connectivity index (χ0v) is 13.8. The van der Waals surface area contributed by atoms with Crippen LogP contribution in [0.3, 0.4) is 0 Å². The van der Waals surface area contributed by atoms with Crippen LogP contribution in [0.25, 0.3) is 0 Å². The topological polar surface area (TPSA) is 41.6 Å². The van der Waals surface area contributed by atoms with Gasteiger partial charge in [-0.15, -0.1) is 0 Å². The molecule has 1 aromatic carbocycles. The number of fused-ring (bicyclic) bond motifs is 1. The van der Waals surface area contributed by atoms with Gasteiger partial charge in [-0.25, -0.2) is 4.79 Å². The number of nitrogens with zero attached hydrogens (tertiary/aromatic N) is 1. The molecule has 4 nitrogen and oxygen atoms in total. The number of ether oxygens (including phenoxy) is 1. The van der Waals surface area contributed by atoms with Gasteiger partial charge in [0.25, 0.3) is 0 Å². The number of amides is 1. The van der Waals surface area contributed by atoms with E-state index < -0.39 is 5.60 Å². The minimum absolute atomic E-state index is 0.115. The fourth-order valence-corrected chi connectivity index (χ4v) is 3.81. The van der Waals surface area contributed by atoms with E-state index in [4.69, 9.17) is 4.74 Å². The van der Waals surface area contributed by atoms with Gasteiger partial charge in [0.2, 0.25) is 0 Å². The summed E-state index contributed by atoms with van der Waals surface area (Å²) in [5, 5.41) is 3.71. The van der Waals surface area contributed by atoms with E-state index >= 15 is 0 Å². The lowest BCUT2D eigenvalue weighted by Gasteiger charge is -2.43. The summed E-state index contributed by atoms with van der Waals surface area (Å²) in [4.78, 5) is 14.5. The monoisotopic (exact) mass is 302 g/mol. The van der Waals surface area contributed by atoms with Gasteiger partial charge in [0, 0.05) is 6.54 Å². The van der Waals surface area contributed by atoms with Gasteiger partial charge in [-0.3, -0.25) is 0 Å². The Labute approximate surface area is 132 Å². The van der Waals surface area contributed by atoms with Crippen molar-refractivity contribution < 1.29 is 9.53 Å². The molecule has 0 bridgehead atoms. The lowest BCUT2D eigenvalue weighted by atomic mass is 9.78. The van der Waals surface area contributed by atoms with Gasteiger partial charge in [-0.05, 0) is 52.1 Å². The van der Waals surface area contributed by atoms with E-state index in [0.29, 0.717) is 0 Å². The number of hydrogen-bond acceptors (Lipinski definition) is 3. The highest BCUT2D eigenvalue weighted by Crippen LogP contribution is 2.42. The van der Waals surface area contributed by atoms with Crippen molar-refractivity contribution in [3.8, 4) is 0 Å². The number of carbonyl (C=O) groups excluding carboxylic acids is 1. The Morgan fingerprint density at radius 1 is 1.32 bits per heavy atom. The molecule has 1 amide bonds. The molecule has 3 rings (SSSR count). The highest BCUT2D eigenvalue weighted by atomic mass is 16.6. The number of nitrogens with one attached hydrogen (secondary N) is 1. The third-order valence-corrected chi connectivity index (χ3v) is 4.70. The fraction of sp³-hybridized carbons (Fsp3) is 0.611. The lowest BCUT2D eigenvalue weighted by molar-refractivity contribution is 0.0151. The summed E-state index contributed by atoms with van der Waals surface area (Å²) in [5.41, 5.74) is 0.721. The van der Waals surface area contributed by atoms with Gasteiger partial charge in [0.1, 0.15) is 5.60 Å². The first-order chi connectivity index (χ1) is 10.4. The summed E-state index contributed by atoms with van der Waals surface area (Å²) in [7, 11) is 0. The maximum absolute atomic E-state index is 12.6. The highest BCUT2D eigenvalue weighted by Gasteiger charge is 2.51. The molecule has 0 saturated carbocycles. The summed E-state index contributed by atoms with van der Waals surface area (Å²) >= 11 is 0. The normalized spacial score (nSPS) is 28.3. The van der Waals surface area contributed by atoms with Crippen molar-refractivity contribution in [3.05, 3.63) is 35.9 Å². The summed E-state index contributed by atoms with van der Waals surface area (Å²) in [6.45, 7) is 7.52. The maximum Gasteiger partial charge on any atom is 0.410 e. The Bertz CT molecular complexity index is 538. The van der Waals surface area contributed by atoms with Crippen LogP contribution in [0.1, 0.15) is 45.6 Å². The predicted molar refractivity (Wildman–Crippen MR) is 86.7 cm³/mol. The highest BCUT2D eigenvalue weighted by molar-refractivity contribution is 5.69. The van der Waals surface area contributed by atoms with Gasteiger partial charge in [-0.1, -0.05) is 30.3 Å². The van der Waals surface area contributed by atoms with Crippen LogP contribution < -0.4 is 5.32 Å². The number of likely N-dealkylation sites (tertiary alicyclic amines) is 1. The number of carbonyl (C=O) groups is 1. The second kappa shape index (κ2) is 5.58. The number of benzene rings is 1. The minimum atomic E-state index is -0.447. The van der Waals surface area contributed by atoms with Crippen molar-refractivity contribution in [1.29, 1.82) is 0 Å². The zero-order valence-electron chi connectivity index (χ0n) is 13.8. The zero-order chi connectivity index (χ0) is 15.8. The van der Waals surface area contributed by atoms with E-state index in [2.05, 4.69) is 29.6 Å². The molecule has 0 unspecified atom stereocenters. The first-order valence-electron chi connectivity index (χ1n) is 8.23. The largest absolute Gasteiger partial charge is 0.444 e. The first-order valence-corrected chi connectivity index (χ1v) is 8.23. The number of hydrogen-bond donors (Lipinski definition) is 1. The quantitative estimate of drug-likeness (QED) is 0.865. The van der Waals surface area contributed by atoms with Gasteiger partial charge < -0.3 is 15.0 Å². The molecule has 120 valence electrons. The summed E-state index contributed by atoms with van der Waals surface area (Å²) in [6.07, 6.45) is 2.89. The van der Waals surface area contributed by atoms with E-state index in [0.717, 1.165) is 32.4 Å². The molecule has 2 aliphatic rings. The molecule has 2 atom stereocenters. The Balaban J connectivity index is 1.87. The van der Waals surface area contributed by atoms with E-state index in [-0.39, 0.29) is 17.7 Å².